The SMILES string of the molecule is Nc1ccc(CNC(=O)C(N)CC2CCCC3CCCCC32)cn1. The van der Waals surface area contributed by atoms with E-state index >= 15 is 0 Å². The number of nitrogen functional groups attached to an aromatic ring is 1. The molecule has 0 radical (unpaired) electrons. The Balaban J connectivity index is 1.49. The van der Waals surface area contributed by atoms with Gasteiger partial charge in [0.2, 0.25) is 5.91 Å². The number of carbonyl (C=O) groups is 1. The molecular weight excluding hydrogens is 300 g/mol. The highest BCUT2D eigenvalue weighted by Gasteiger charge is 2.36. The summed E-state index contributed by atoms with van der Waals surface area (Å²) in [6.45, 7) is 0.455. The highest BCUT2D eigenvalue weighted by atomic mass is 16.2. The van der Waals surface area contributed by atoms with E-state index in [0.717, 1.165) is 23.8 Å². The summed E-state index contributed by atoms with van der Waals surface area (Å²) in [6, 6.07) is 3.21. The van der Waals surface area contributed by atoms with E-state index in [1.807, 2.05) is 6.07 Å². The summed E-state index contributed by atoms with van der Waals surface area (Å²) in [5.74, 6) is 2.75. The van der Waals surface area contributed by atoms with E-state index in [-0.39, 0.29) is 5.91 Å². The van der Waals surface area contributed by atoms with Crippen LogP contribution in [0.4, 0.5) is 5.82 Å². The molecular formula is C19H30N4O. The van der Waals surface area contributed by atoms with Gasteiger partial charge in [0, 0.05) is 12.7 Å². The lowest BCUT2D eigenvalue weighted by Gasteiger charge is -2.42. The van der Waals surface area contributed by atoms with Gasteiger partial charge >= 0.3 is 0 Å². The van der Waals surface area contributed by atoms with Crippen molar-refractivity contribution in [3.05, 3.63) is 23.9 Å². The number of aromatic nitrogens is 1. The molecule has 0 aromatic carbocycles. The van der Waals surface area contributed by atoms with Crippen LogP contribution in [0.15, 0.2) is 18.3 Å². The third kappa shape index (κ3) is 4.26. The molecule has 2 aliphatic carbocycles. The average Bonchev–Trinajstić information content (AvgIpc) is 2.61. The first-order valence-electron chi connectivity index (χ1n) is 9.37. The van der Waals surface area contributed by atoms with Crippen LogP contribution in [0.25, 0.3) is 0 Å². The van der Waals surface area contributed by atoms with Crippen molar-refractivity contribution in [1.82, 2.24) is 10.3 Å². The molecule has 5 heteroatoms. The monoisotopic (exact) mass is 330 g/mol. The highest BCUT2D eigenvalue weighted by Crippen LogP contribution is 2.45. The lowest BCUT2D eigenvalue weighted by molar-refractivity contribution is -0.123. The number of fused-ring (bicyclic) bond motifs is 1. The third-order valence-corrected chi connectivity index (χ3v) is 5.93. The van der Waals surface area contributed by atoms with Gasteiger partial charge in [-0.3, -0.25) is 4.79 Å². The van der Waals surface area contributed by atoms with E-state index < -0.39 is 6.04 Å². The summed E-state index contributed by atoms with van der Waals surface area (Å²) in [4.78, 5) is 16.4. The topological polar surface area (TPSA) is 94.0 Å². The molecule has 5 nitrogen and oxygen atoms in total. The van der Waals surface area contributed by atoms with Crippen LogP contribution in [0.3, 0.4) is 0 Å². The average molecular weight is 330 g/mol. The van der Waals surface area contributed by atoms with Crippen LogP contribution in [0.5, 0.6) is 0 Å². The molecule has 1 amide bonds. The summed E-state index contributed by atoms with van der Waals surface area (Å²) < 4.78 is 0. The first kappa shape index (κ1) is 17.2. The predicted octanol–water partition coefficient (Wildman–Crippen LogP) is 2.60. The number of hydrogen-bond donors (Lipinski definition) is 3. The molecule has 132 valence electrons. The first-order chi connectivity index (χ1) is 11.6. The maximum atomic E-state index is 12.3. The normalized spacial score (nSPS) is 28.0. The lowest BCUT2D eigenvalue weighted by Crippen LogP contribution is -2.43. The summed E-state index contributed by atoms with van der Waals surface area (Å²) in [6.07, 6.45) is 11.9. The number of amides is 1. The molecule has 4 atom stereocenters. The smallest absolute Gasteiger partial charge is 0.237 e. The zero-order valence-corrected chi connectivity index (χ0v) is 14.4. The van der Waals surface area contributed by atoms with E-state index in [1.54, 1.807) is 12.3 Å². The first-order valence-corrected chi connectivity index (χ1v) is 9.37. The van der Waals surface area contributed by atoms with E-state index in [9.17, 15) is 4.79 Å². The number of nitrogens with two attached hydrogens (primary N) is 2. The van der Waals surface area contributed by atoms with E-state index in [4.69, 9.17) is 11.5 Å². The molecule has 0 bridgehead atoms. The van der Waals surface area contributed by atoms with E-state index in [1.165, 1.54) is 44.9 Å². The molecule has 4 unspecified atom stereocenters. The van der Waals surface area contributed by atoms with Crippen LogP contribution in [0, 0.1) is 17.8 Å². The maximum Gasteiger partial charge on any atom is 0.237 e. The van der Waals surface area contributed by atoms with Gasteiger partial charge in [0.1, 0.15) is 5.82 Å². The van der Waals surface area contributed by atoms with Gasteiger partial charge in [-0.1, -0.05) is 44.6 Å². The van der Waals surface area contributed by atoms with Crippen molar-refractivity contribution >= 4 is 11.7 Å². The van der Waals surface area contributed by atoms with Gasteiger partial charge < -0.3 is 16.8 Å². The molecule has 2 fully saturated rings. The van der Waals surface area contributed by atoms with Gasteiger partial charge in [-0.05, 0) is 42.2 Å². The third-order valence-electron chi connectivity index (χ3n) is 5.93. The molecule has 2 aliphatic rings. The van der Waals surface area contributed by atoms with Crippen molar-refractivity contribution < 1.29 is 4.79 Å². The molecule has 3 rings (SSSR count). The molecule has 0 spiro atoms. The maximum absolute atomic E-state index is 12.3. The largest absolute Gasteiger partial charge is 0.384 e. The Hall–Kier alpha value is -1.62. The fourth-order valence-corrected chi connectivity index (χ4v) is 4.66. The fraction of sp³-hybridized carbons (Fsp3) is 0.684. The number of hydrogen-bond acceptors (Lipinski definition) is 4. The van der Waals surface area contributed by atoms with Crippen molar-refractivity contribution in [3.8, 4) is 0 Å². The summed E-state index contributed by atoms with van der Waals surface area (Å²) in [7, 11) is 0. The van der Waals surface area contributed by atoms with Crippen molar-refractivity contribution in [3.63, 3.8) is 0 Å². The second-order valence-corrected chi connectivity index (χ2v) is 7.55. The number of rotatable bonds is 5. The van der Waals surface area contributed by atoms with Gasteiger partial charge in [0.15, 0.2) is 0 Å². The Bertz CT molecular complexity index is 543. The highest BCUT2D eigenvalue weighted by molar-refractivity contribution is 5.81. The molecule has 0 saturated heterocycles. The number of anilines is 1. The van der Waals surface area contributed by atoms with E-state index in [2.05, 4.69) is 10.3 Å². The molecule has 24 heavy (non-hydrogen) atoms. The minimum atomic E-state index is -0.405. The van der Waals surface area contributed by atoms with Crippen molar-refractivity contribution in [2.75, 3.05) is 5.73 Å². The molecule has 0 aliphatic heterocycles. The zero-order chi connectivity index (χ0) is 16.9. The Morgan fingerprint density at radius 2 is 2.00 bits per heavy atom. The second-order valence-electron chi connectivity index (χ2n) is 7.55. The predicted molar refractivity (Wildman–Crippen MR) is 95.9 cm³/mol. The van der Waals surface area contributed by atoms with Gasteiger partial charge in [-0.25, -0.2) is 4.98 Å². The van der Waals surface area contributed by atoms with Crippen LogP contribution in [0.2, 0.25) is 0 Å². The molecule has 1 aromatic rings. The molecule has 2 saturated carbocycles. The standard InChI is InChI=1S/C19H30N4O/c20-17(19(24)23-12-13-8-9-18(21)22-11-13)10-15-6-3-5-14-4-1-2-7-16(14)15/h8-9,11,14-17H,1-7,10,12,20H2,(H2,21,22)(H,23,24). The Kier molecular flexibility index (Phi) is 5.72. The molecule has 5 N–H and O–H groups in total. The number of nitrogens with zero attached hydrogens (tertiary/aromatic N) is 1. The van der Waals surface area contributed by atoms with Gasteiger partial charge in [0.25, 0.3) is 0 Å². The van der Waals surface area contributed by atoms with Crippen LogP contribution < -0.4 is 16.8 Å². The summed E-state index contributed by atoms with van der Waals surface area (Å²) in [5.41, 5.74) is 12.7. The van der Waals surface area contributed by atoms with Gasteiger partial charge in [-0.15, -0.1) is 0 Å². The summed E-state index contributed by atoms with van der Waals surface area (Å²) >= 11 is 0. The van der Waals surface area contributed by atoms with Crippen molar-refractivity contribution in [2.45, 2.75) is 64.0 Å². The van der Waals surface area contributed by atoms with Crippen molar-refractivity contribution in [2.24, 2.45) is 23.5 Å². The lowest BCUT2D eigenvalue weighted by atomic mass is 9.64. The number of pyridine rings is 1. The van der Waals surface area contributed by atoms with Crippen LogP contribution in [-0.2, 0) is 11.3 Å². The Morgan fingerprint density at radius 3 is 2.79 bits per heavy atom. The van der Waals surface area contributed by atoms with Gasteiger partial charge in [-0.2, -0.15) is 0 Å². The zero-order valence-electron chi connectivity index (χ0n) is 14.4. The minimum absolute atomic E-state index is 0.0512. The van der Waals surface area contributed by atoms with Crippen LogP contribution >= 0.6 is 0 Å². The van der Waals surface area contributed by atoms with E-state index in [0.29, 0.717) is 18.3 Å². The van der Waals surface area contributed by atoms with Crippen LogP contribution in [0.1, 0.15) is 56.9 Å². The molecule has 1 heterocycles. The fourth-order valence-electron chi connectivity index (χ4n) is 4.66. The van der Waals surface area contributed by atoms with Crippen molar-refractivity contribution in [1.29, 1.82) is 0 Å². The quantitative estimate of drug-likeness (QED) is 0.773. The molecule has 1 aromatic heterocycles. The number of nitrogens with one attached hydrogen (secondary N) is 1. The summed E-state index contributed by atoms with van der Waals surface area (Å²) in [5, 5.41) is 2.94. The Morgan fingerprint density at radius 1 is 1.21 bits per heavy atom. The van der Waals surface area contributed by atoms with Gasteiger partial charge in [0.05, 0.1) is 6.04 Å². The van der Waals surface area contributed by atoms with Crippen LogP contribution in [-0.4, -0.2) is 16.9 Å². The number of carbonyl (C=O) groups excluding carboxylic acids is 1. The second kappa shape index (κ2) is 7.97. The minimum Gasteiger partial charge on any atom is -0.384 e. The Labute approximate surface area is 144 Å².